The third-order valence-corrected chi connectivity index (χ3v) is 2.50. The van der Waals surface area contributed by atoms with Crippen molar-refractivity contribution in [3.8, 4) is 12.3 Å². The zero-order valence-corrected chi connectivity index (χ0v) is 12.3. The monoisotopic (exact) mass is 300 g/mol. The van der Waals surface area contributed by atoms with Crippen LogP contribution < -0.4 is 0 Å². The minimum absolute atomic E-state index is 0.00315. The van der Waals surface area contributed by atoms with Gasteiger partial charge in [-0.05, 0) is 6.42 Å². The molecule has 0 saturated carbocycles. The van der Waals surface area contributed by atoms with Crippen LogP contribution in [0.5, 0.6) is 0 Å². The summed E-state index contributed by atoms with van der Waals surface area (Å²) in [5.41, 5.74) is 0. The average Bonchev–Trinajstić information content (AvgIpc) is 2.45. The number of carboxylic acid groups (broad SMARTS) is 1. The molecule has 21 heavy (non-hydrogen) atoms. The lowest BCUT2D eigenvalue weighted by Crippen LogP contribution is -2.11. The third kappa shape index (κ3) is 16.5. The predicted molar refractivity (Wildman–Crippen MR) is 77.0 cm³/mol. The van der Waals surface area contributed by atoms with Crippen LogP contribution >= 0.6 is 0 Å². The van der Waals surface area contributed by atoms with Gasteiger partial charge in [0.1, 0.15) is 5.78 Å². The quantitative estimate of drug-likeness (QED) is 0.362. The van der Waals surface area contributed by atoms with E-state index in [1.807, 2.05) is 0 Å². The molecule has 0 fully saturated rings. The van der Waals surface area contributed by atoms with Crippen LogP contribution in [-0.4, -0.2) is 56.5 Å². The highest BCUT2D eigenvalue weighted by atomic mass is 16.5. The molecule has 120 valence electrons. The van der Waals surface area contributed by atoms with E-state index in [0.717, 1.165) is 0 Å². The highest BCUT2D eigenvalue weighted by Gasteiger charge is 2.00. The van der Waals surface area contributed by atoms with Gasteiger partial charge in [-0.15, -0.1) is 12.3 Å². The molecule has 0 rings (SSSR count). The van der Waals surface area contributed by atoms with Gasteiger partial charge in [0.15, 0.2) is 0 Å². The van der Waals surface area contributed by atoms with E-state index < -0.39 is 5.97 Å². The molecule has 0 unspecified atom stereocenters. The van der Waals surface area contributed by atoms with E-state index in [9.17, 15) is 9.59 Å². The van der Waals surface area contributed by atoms with Crippen LogP contribution in [0.2, 0.25) is 0 Å². The molecule has 0 heterocycles. The number of hydrogen-bond donors (Lipinski definition) is 1. The molecule has 0 bridgehead atoms. The Balaban J connectivity index is 3.11. The molecule has 0 atom stereocenters. The molecule has 0 aliphatic carbocycles. The number of ether oxygens (including phenoxy) is 3. The van der Waals surface area contributed by atoms with E-state index in [1.165, 1.54) is 0 Å². The highest BCUT2D eigenvalue weighted by molar-refractivity contribution is 5.78. The van der Waals surface area contributed by atoms with Gasteiger partial charge in [-0.1, -0.05) is 0 Å². The van der Waals surface area contributed by atoms with Crippen LogP contribution in [0.4, 0.5) is 0 Å². The maximum absolute atomic E-state index is 11.3. The van der Waals surface area contributed by atoms with Crippen molar-refractivity contribution in [2.75, 3.05) is 39.6 Å². The zero-order valence-electron chi connectivity index (χ0n) is 12.3. The topological polar surface area (TPSA) is 82.1 Å². The Morgan fingerprint density at radius 3 is 2.00 bits per heavy atom. The predicted octanol–water partition coefficient (Wildman–Crippen LogP) is 1.27. The molecule has 0 aliphatic rings. The number of Topliss-reactive ketones (excluding diaryl/α,β-unsaturated/α-hetero) is 1. The standard InChI is InChI=1S/C15H24O6/c1-2-3-5-14(16)6-4-8-19-10-12-21-13-11-20-9-7-15(17)18/h1H,3-13H2,(H,17,18). The lowest BCUT2D eigenvalue weighted by Gasteiger charge is -2.06. The second-order valence-corrected chi connectivity index (χ2v) is 4.33. The normalized spacial score (nSPS) is 10.2. The third-order valence-electron chi connectivity index (χ3n) is 2.50. The van der Waals surface area contributed by atoms with Crippen LogP contribution in [0.1, 0.15) is 32.1 Å². The Bertz CT molecular complexity index is 321. The highest BCUT2D eigenvalue weighted by Crippen LogP contribution is 1.98. The van der Waals surface area contributed by atoms with Crippen LogP contribution in [0.15, 0.2) is 0 Å². The molecule has 1 N–H and O–H groups in total. The molecular formula is C15H24O6. The molecule has 0 aromatic carbocycles. The van der Waals surface area contributed by atoms with Crippen LogP contribution in [-0.2, 0) is 23.8 Å². The van der Waals surface area contributed by atoms with E-state index in [4.69, 9.17) is 25.7 Å². The number of carbonyl (C=O) groups excluding carboxylic acids is 1. The molecule has 6 nitrogen and oxygen atoms in total. The molecule has 0 aliphatic heterocycles. The fourth-order valence-corrected chi connectivity index (χ4v) is 1.41. The van der Waals surface area contributed by atoms with Crippen molar-refractivity contribution in [3.63, 3.8) is 0 Å². The molecule has 0 amide bonds. The van der Waals surface area contributed by atoms with Crippen molar-refractivity contribution in [1.29, 1.82) is 0 Å². The fraction of sp³-hybridized carbons (Fsp3) is 0.733. The summed E-state index contributed by atoms with van der Waals surface area (Å²) in [6, 6.07) is 0. The minimum atomic E-state index is -0.873. The Labute approximate surface area is 125 Å². The lowest BCUT2D eigenvalue weighted by atomic mass is 10.1. The number of hydrogen-bond acceptors (Lipinski definition) is 5. The summed E-state index contributed by atoms with van der Waals surface area (Å²) < 4.78 is 15.6. The number of aliphatic carboxylic acids is 1. The van der Waals surface area contributed by atoms with Gasteiger partial charge in [-0.3, -0.25) is 9.59 Å². The molecule has 0 saturated heterocycles. The molecule has 0 aromatic heterocycles. The van der Waals surface area contributed by atoms with Crippen molar-refractivity contribution >= 4 is 11.8 Å². The second kappa shape index (κ2) is 15.0. The van der Waals surface area contributed by atoms with Crippen LogP contribution in [0, 0.1) is 12.3 Å². The fourth-order valence-electron chi connectivity index (χ4n) is 1.41. The van der Waals surface area contributed by atoms with Crippen LogP contribution in [0.25, 0.3) is 0 Å². The Hall–Kier alpha value is -1.42. The van der Waals surface area contributed by atoms with Crippen molar-refractivity contribution in [1.82, 2.24) is 0 Å². The van der Waals surface area contributed by atoms with E-state index in [0.29, 0.717) is 58.7 Å². The maximum Gasteiger partial charge on any atom is 0.305 e. The van der Waals surface area contributed by atoms with Gasteiger partial charge in [0.25, 0.3) is 0 Å². The summed E-state index contributed by atoms with van der Waals surface area (Å²) in [6.07, 6.45) is 7.22. The first-order valence-corrected chi connectivity index (χ1v) is 7.07. The van der Waals surface area contributed by atoms with Gasteiger partial charge < -0.3 is 19.3 Å². The maximum atomic E-state index is 11.3. The summed E-state index contributed by atoms with van der Waals surface area (Å²) in [6.45, 7) is 2.43. The zero-order chi connectivity index (χ0) is 15.8. The first kappa shape index (κ1) is 19.6. The Morgan fingerprint density at radius 2 is 1.43 bits per heavy atom. The van der Waals surface area contributed by atoms with Crippen LogP contribution in [0.3, 0.4) is 0 Å². The summed E-state index contributed by atoms with van der Waals surface area (Å²) >= 11 is 0. The van der Waals surface area contributed by atoms with Crippen molar-refractivity contribution < 1.29 is 28.9 Å². The van der Waals surface area contributed by atoms with Gasteiger partial charge >= 0.3 is 5.97 Å². The molecular weight excluding hydrogens is 276 g/mol. The smallest absolute Gasteiger partial charge is 0.305 e. The van der Waals surface area contributed by atoms with Gasteiger partial charge in [0.05, 0.1) is 39.5 Å². The van der Waals surface area contributed by atoms with Crippen molar-refractivity contribution in [2.45, 2.75) is 32.1 Å². The molecule has 0 spiro atoms. The minimum Gasteiger partial charge on any atom is -0.481 e. The van der Waals surface area contributed by atoms with E-state index in [-0.39, 0.29) is 18.8 Å². The van der Waals surface area contributed by atoms with Gasteiger partial charge in [-0.2, -0.15) is 0 Å². The van der Waals surface area contributed by atoms with Gasteiger partial charge in [-0.25, -0.2) is 0 Å². The second-order valence-electron chi connectivity index (χ2n) is 4.33. The summed E-state index contributed by atoms with van der Waals surface area (Å²) in [5.74, 6) is 1.74. The van der Waals surface area contributed by atoms with Crippen molar-refractivity contribution in [2.24, 2.45) is 0 Å². The Morgan fingerprint density at radius 1 is 0.857 bits per heavy atom. The SMILES string of the molecule is C#CCCC(=O)CCCOCCOCCOCCC(=O)O. The average molecular weight is 300 g/mol. The number of carboxylic acids is 1. The van der Waals surface area contributed by atoms with E-state index in [2.05, 4.69) is 5.92 Å². The van der Waals surface area contributed by atoms with E-state index >= 15 is 0 Å². The number of terminal acetylenes is 1. The first-order chi connectivity index (χ1) is 10.2. The molecule has 0 aromatic rings. The number of ketones is 1. The van der Waals surface area contributed by atoms with Gasteiger partial charge in [0.2, 0.25) is 0 Å². The number of carbonyl (C=O) groups is 2. The summed E-state index contributed by atoms with van der Waals surface area (Å²) in [5, 5.41) is 8.38. The molecule has 6 heteroatoms. The lowest BCUT2D eigenvalue weighted by molar-refractivity contribution is -0.138. The summed E-state index contributed by atoms with van der Waals surface area (Å²) in [7, 11) is 0. The van der Waals surface area contributed by atoms with E-state index in [1.54, 1.807) is 0 Å². The summed E-state index contributed by atoms with van der Waals surface area (Å²) in [4.78, 5) is 21.5. The number of rotatable bonds is 15. The Kier molecular flexibility index (Phi) is 14.0. The first-order valence-electron chi connectivity index (χ1n) is 7.07. The largest absolute Gasteiger partial charge is 0.481 e. The van der Waals surface area contributed by atoms with Gasteiger partial charge in [0, 0.05) is 25.9 Å². The molecule has 0 radical (unpaired) electrons. The van der Waals surface area contributed by atoms with Crippen molar-refractivity contribution in [3.05, 3.63) is 0 Å².